The maximum Gasteiger partial charge on any atom is 0.222 e. The fourth-order valence-corrected chi connectivity index (χ4v) is 3.30. The van der Waals surface area contributed by atoms with Crippen LogP contribution in [-0.4, -0.2) is 86.7 Å². The van der Waals surface area contributed by atoms with Gasteiger partial charge in [0.25, 0.3) is 0 Å². The van der Waals surface area contributed by atoms with Crippen molar-refractivity contribution in [2.24, 2.45) is 4.99 Å². The third-order valence-electron chi connectivity index (χ3n) is 4.78. The second-order valence-electron chi connectivity index (χ2n) is 6.75. The minimum absolute atomic E-state index is 0. The van der Waals surface area contributed by atoms with Crippen LogP contribution < -0.4 is 10.6 Å². The van der Waals surface area contributed by atoms with Gasteiger partial charge in [-0.05, 0) is 32.7 Å². The number of aliphatic imine (C=N–C) groups is 1. The zero-order valence-electron chi connectivity index (χ0n) is 16.3. The first-order valence-corrected chi connectivity index (χ1v) is 9.85. The molecule has 0 aromatic rings. The van der Waals surface area contributed by atoms with Gasteiger partial charge in [-0.2, -0.15) is 0 Å². The largest absolute Gasteiger partial charge is 0.379 e. The summed E-state index contributed by atoms with van der Waals surface area (Å²) in [6.45, 7) is 12.3. The Morgan fingerprint density at radius 1 is 1.19 bits per heavy atom. The van der Waals surface area contributed by atoms with Crippen LogP contribution in [0.25, 0.3) is 0 Å². The highest BCUT2D eigenvalue weighted by Crippen LogP contribution is 2.10. The Bertz CT molecular complexity index is 430. The Labute approximate surface area is 175 Å². The number of nitrogens with one attached hydrogen (secondary N) is 2. The Morgan fingerprint density at radius 3 is 2.65 bits per heavy atom. The summed E-state index contributed by atoms with van der Waals surface area (Å²) in [5.74, 6) is 1.12. The molecule has 2 saturated heterocycles. The molecule has 2 N–H and O–H groups in total. The van der Waals surface area contributed by atoms with Gasteiger partial charge in [-0.1, -0.05) is 6.92 Å². The van der Waals surface area contributed by atoms with E-state index in [2.05, 4.69) is 22.5 Å². The summed E-state index contributed by atoms with van der Waals surface area (Å²) in [7, 11) is 0. The minimum Gasteiger partial charge on any atom is -0.379 e. The number of hydrogen-bond acceptors (Lipinski definition) is 4. The molecule has 0 aromatic heterocycles. The van der Waals surface area contributed by atoms with Gasteiger partial charge in [-0.15, -0.1) is 24.0 Å². The van der Waals surface area contributed by atoms with E-state index in [1.807, 2.05) is 11.8 Å². The molecule has 0 aliphatic carbocycles. The van der Waals surface area contributed by atoms with Crippen molar-refractivity contribution in [2.75, 3.05) is 59.0 Å². The van der Waals surface area contributed by atoms with E-state index < -0.39 is 0 Å². The number of carbonyl (C=O) groups excluding carboxylic acids is 1. The molecule has 1 amide bonds. The number of hydrogen-bond donors (Lipinski definition) is 2. The lowest BCUT2D eigenvalue weighted by molar-refractivity contribution is -0.129. The maximum atomic E-state index is 11.8. The molecule has 2 heterocycles. The summed E-state index contributed by atoms with van der Waals surface area (Å²) in [6, 6.07) is 0.307. The molecular formula is C18H36IN5O2. The smallest absolute Gasteiger partial charge is 0.222 e. The molecule has 0 bridgehead atoms. The average molecular weight is 481 g/mol. The van der Waals surface area contributed by atoms with Crippen molar-refractivity contribution < 1.29 is 9.53 Å². The molecule has 1 unspecified atom stereocenters. The lowest BCUT2D eigenvalue weighted by Crippen LogP contribution is -2.45. The molecule has 0 spiro atoms. The monoisotopic (exact) mass is 481 g/mol. The Morgan fingerprint density at radius 2 is 1.96 bits per heavy atom. The third-order valence-corrected chi connectivity index (χ3v) is 4.78. The second kappa shape index (κ2) is 13.5. The summed E-state index contributed by atoms with van der Waals surface area (Å²) in [6.07, 6.45) is 3.85. The quantitative estimate of drug-likeness (QED) is 0.237. The highest BCUT2D eigenvalue weighted by molar-refractivity contribution is 14.0. The third kappa shape index (κ3) is 8.39. The molecule has 1 atom stereocenters. The number of nitrogens with zero attached hydrogens (tertiary/aromatic N) is 3. The van der Waals surface area contributed by atoms with Crippen LogP contribution in [0.2, 0.25) is 0 Å². The van der Waals surface area contributed by atoms with Crippen LogP contribution in [0.1, 0.15) is 39.5 Å². The van der Waals surface area contributed by atoms with Crippen LogP contribution >= 0.6 is 24.0 Å². The number of likely N-dealkylation sites (tertiary alicyclic amines) is 1. The van der Waals surface area contributed by atoms with Crippen molar-refractivity contribution in [1.29, 1.82) is 0 Å². The van der Waals surface area contributed by atoms with Crippen molar-refractivity contribution in [3.05, 3.63) is 0 Å². The fraction of sp³-hybridized carbons (Fsp3) is 0.889. The summed E-state index contributed by atoms with van der Waals surface area (Å²) in [5, 5.41) is 6.80. The molecule has 2 aliphatic rings. The summed E-state index contributed by atoms with van der Waals surface area (Å²) in [5.41, 5.74) is 0. The van der Waals surface area contributed by atoms with Gasteiger partial charge in [0.15, 0.2) is 5.96 Å². The second-order valence-corrected chi connectivity index (χ2v) is 6.75. The number of ether oxygens (including phenoxy) is 1. The number of carbonyl (C=O) groups is 1. The highest BCUT2D eigenvalue weighted by atomic mass is 127. The van der Waals surface area contributed by atoms with Crippen molar-refractivity contribution in [3.63, 3.8) is 0 Å². The first kappa shape index (κ1) is 23.4. The summed E-state index contributed by atoms with van der Waals surface area (Å²) in [4.78, 5) is 20.9. The molecule has 2 aliphatic heterocycles. The predicted molar refractivity (Wildman–Crippen MR) is 116 cm³/mol. The molecule has 2 rings (SSSR count). The number of unbranched alkanes of at least 4 members (excludes halogenated alkanes) is 1. The van der Waals surface area contributed by atoms with E-state index in [9.17, 15) is 4.79 Å². The lowest BCUT2D eigenvalue weighted by atomic mass is 10.2. The average Bonchev–Trinajstić information content (AvgIpc) is 3.10. The summed E-state index contributed by atoms with van der Waals surface area (Å²) >= 11 is 0. The molecule has 152 valence electrons. The molecule has 2 fully saturated rings. The van der Waals surface area contributed by atoms with E-state index in [-0.39, 0.29) is 29.9 Å². The molecule has 26 heavy (non-hydrogen) atoms. The predicted octanol–water partition coefficient (Wildman–Crippen LogP) is 1.28. The van der Waals surface area contributed by atoms with E-state index in [1.165, 1.54) is 6.42 Å². The van der Waals surface area contributed by atoms with E-state index in [1.54, 1.807) is 0 Å². The SMILES string of the molecule is CCNC(=NCCCCN1CCOCC1)NC1CCN(C(=O)CC)C1.I. The van der Waals surface area contributed by atoms with E-state index in [0.29, 0.717) is 12.5 Å². The van der Waals surface area contributed by atoms with Crippen LogP contribution in [0.5, 0.6) is 0 Å². The van der Waals surface area contributed by atoms with Gasteiger partial charge in [-0.3, -0.25) is 14.7 Å². The van der Waals surface area contributed by atoms with Gasteiger partial charge in [0.2, 0.25) is 5.91 Å². The highest BCUT2D eigenvalue weighted by Gasteiger charge is 2.25. The van der Waals surface area contributed by atoms with Crippen LogP contribution in [0.15, 0.2) is 4.99 Å². The molecule has 8 heteroatoms. The number of amides is 1. The Balaban J connectivity index is 0.00000338. The maximum absolute atomic E-state index is 11.8. The molecule has 7 nitrogen and oxygen atoms in total. The molecular weight excluding hydrogens is 445 g/mol. The molecule has 0 aromatic carbocycles. The van der Waals surface area contributed by atoms with Crippen LogP contribution in [-0.2, 0) is 9.53 Å². The molecule has 0 radical (unpaired) electrons. The number of guanidine groups is 1. The fourth-order valence-electron chi connectivity index (χ4n) is 3.30. The van der Waals surface area contributed by atoms with Gasteiger partial charge >= 0.3 is 0 Å². The Hall–Kier alpha value is -0.610. The first-order chi connectivity index (χ1) is 12.2. The van der Waals surface area contributed by atoms with Crippen LogP contribution in [0.4, 0.5) is 0 Å². The van der Waals surface area contributed by atoms with E-state index in [4.69, 9.17) is 9.73 Å². The number of morpholine rings is 1. The number of rotatable bonds is 8. The van der Waals surface area contributed by atoms with Crippen molar-refractivity contribution in [1.82, 2.24) is 20.4 Å². The van der Waals surface area contributed by atoms with Crippen molar-refractivity contribution in [2.45, 2.75) is 45.6 Å². The van der Waals surface area contributed by atoms with Gasteiger partial charge < -0.3 is 20.3 Å². The number of halogens is 1. The van der Waals surface area contributed by atoms with Crippen LogP contribution in [0, 0.1) is 0 Å². The van der Waals surface area contributed by atoms with Crippen LogP contribution in [0.3, 0.4) is 0 Å². The van der Waals surface area contributed by atoms with Gasteiger partial charge in [0.05, 0.1) is 13.2 Å². The van der Waals surface area contributed by atoms with Crippen molar-refractivity contribution in [3.8, 4) is 0 Å². The van der Waals surface area contributed by atoms with Gasteiger partial charge in [0, 0.05) is 51.7 Å². The minimum atomic E-state index is 0. The summed E-state index contributed by atoms with van der Waals surface area (Å²) < 4.78 is 5.37. The Kier molecular flexibility index (Phi) is 12.2. The first-order valence-electron chi connectivity index (χ1n) is 9.85. The normalized spacial score (nSPS) is 21.4. The lowest BCUT2D eigenvalue weighted by Gasteiger charge is -2.26. The molecule has 0 saturated carbocycles. The van der Waals surface area contributed by atoms with Gasteiger partial charge in [-0.25, -0.2) is 0 Å². The zero-order valence-corrected chi connectivity index (χ0v) is 18.7. The zero-order chi connectivity index (χ0) is 17.9. The van der Waals surface area contributed by atoms with E-state index >= 15 is 0 Å². The van der Waals surface area contributed by atoms with Crippen molar-refractivity contribution >= 4 is 35.8 Å². The van der Waals surface area contributed by atoms with Gasteiger partial charge in [0.1, 0.15) is 0 Å². The topological polar surface area (TPSA) is 69.2 Å². The van der Waals surface area contributed by atoms with E-state index in [0.717, 1.165) is 77.8 Å². The standard InChI is InChI=1S/C18H35N5O2.HI/c1-3-17(24)23-10-7-16(15-23)21-18(19-4-2)20-8-5-6-9-22-11-13-25-14-12-22;/h16H,3-15H2,1-2H3,(H2,19,20,21);1H.